The van der Waals surface area contributed by atoms with Crippen molar-refractivity contribution >= 4 is 22.8 Å². The molecule has 0 saturated carbocycles. The number of aromatic nitrogens is 3. The van der Waals surface area contributed by atoms with Gasteiger partial charge in [-0.3, -0.25) is 0 Å². The van der Waals surface area contributed by atoms with Crippen LogP contribution in [0.2, 0.25) is 0 Å². The Hall–Kier alpha value is -2.36. The van der Waals surface area contributed by atoms with Crippen molar-refractivity contribution < 1.29 is 4.74 Å². The number of ether oxygens (including phenoxy) is 1. The van der Waals surface area contributed by atoms with Gasteiger partial charge in [0.25, 0.3) is 0 Å². The molecule has 0 bridgehead atoms. The smallest absolute Gasteiger partial charge is 0.117 e. The number of thioether (sulfide) groups is 1. The lowest BCUT2D eigenvalue weighted by atomic mass is 10.1. The van der Waals surface area contributed by atoms with Gasteiger partial charge in [0.05, 0.1) is 29.0 Å². The number of pyridine rings is 1. The second kappa shape index (κ2) is 6.82. The van der Waals surface area contributed by atoms with Gasteiger partial charge in [-0.25, -0.2) is 9.97 Å². The molecule has 1 N–H and O–H groups in total. The molecular formula is C17H16N4OS. The van der Waals surface area contributed by atoms with Crippen LogP contribution < -0.4 is 0 Å². The Morgan fingerprint density at radius 2 is 2.13 bits per heavy atom. The van der Waals surface area contributed by atoms with Crippen LogP contribution >= 0.6 is 11.8 Å². The molecule has 0 aliphatic heterocycles. The number of benzene rings is 1. The van der Waals surface area contributed by atoms with Gasteiger partial charge in [0.15, 0.2) is 0 Å². The second-order valence-electron chi connectivity index (χ2n) is 5.14. The van der Waals surface area contributed by atoms with E-state index in [0.717, 1.165) is 33.1 Å². The summed E-state index contributed by atoms with van der Waals surface area (Å²) in [5.74, 6) is 1.50. The van der Waals surface area contributed by atoms with E-state index in [9.17, 15) is 5.26 Å². The zero-order chi connectivity index (χ0) is 16.2. The van der Waals surface area contributed by atoms with Gasteiger partial charge in [-0.15, -0.1) is 0 Å². The molecule has 3 aromatic rings. The highest BCUT2D eigenvalue weighted by Gasteiger charge is 2.13. The molecule has 3 rings (SSSR count). The first-order chi connectivity index (χ1) is 11.2. The minimum atomic E-state index is 0.407. The number of rotatable bonds is 5. The van der Waals surface area contributed by atoms with E-state index in [-0.39, 0.29) is 0 Å². The lowest BCUT2D eigenvalue weighted by Gasteiger charge is -2.09. The van der Waals surface area contributed by atoms with Gasteiger partial charge in [0, 0.05) is 12.8 Å². The van der Waals surface area contributed by atoms with Gasteiger partial charge in [-0.05, 0) is 30.7 Å². The molecule has 5 nitrogen and oxygen atoms in total. The van der Waals surface area contributed by atoms with E-state index in [1.807, 2.05) is 37.3 Å². The Balaban J connectivity index is 1.86. The van der Waals surface area contributed by atoms with Crippen LogP contribution in [0.3, 0.4) is 0 Å². The van der Waals surface area contributed by atoms with Crippen LogP contribution in [0.25, 0.3) is 11.0 Å². The summed E-state index contributed by atoms with van der Waals surface area (Å²) < 4.78 is 5.18. The molecule has 6 heteroatoms. The minimum Gasteiger partial charge on any atom is -0.380 e. The van der Waals surface area contributed by atoms with Gasteiger partial charge in [0.1, 0.15) is 16.9 Å². The summed E-state index contributed by atoms with van der Waals surface area (Å²) in [5.41, 5.74) is 4.29. The summed E-state index contributed by atoms with van der Waals surface area (Å²) in [6.07, 6.45) is 0. The average Bonchev–Trinajstić information content (AvgIpc) is 2.96. The zero-order valence-corrected chi connectivity index (χ0v) is 13.8. The average molecular weight is 324 g/mol. The van der Waals surface area contributed by atoms with Crippen molar-refractivity contribution in [1.82, 2.24) is 15.0 Å². The Labute approximate surface area is 138 Å². The molecule has 0 saturated heterocycles. The predicted molar refractivity (Wildman–Crippen MR) is 90.1 cm³/mol. The second-order valence-corrected chi connectivity index (χ2v) is 6.10. The van der Waals surface area contributed by atoms with Crippen LogP contribution in [0.1, 0.15) is 22.6 Å². The number of nitrogens with one attached hydrogen (secondary N) is 1. The van der Waals surface area contributed by atoms with Gasteiger partial charge in [-0.2, -0.15) is 5.26 Å². The Kier molecular flexibility index (Phi) is 4.60. The van der Waals surface area contributed by atoms with E-state index in [1.54, 1.807) is 7.11 Å². The summed E-state index contributed by atoms with van der Waals surface area (Å²) in [6.45, 7) is 2.33. The minimum absolute atomic E-state index is 0.407. The van der Waals surface area contributed by atoms with Crippen LogP contribution in [-0.2, 0) is 17.1 Å². The molecule has 2 aromatic heterocycles. The summed E-state index contributed by atoms with van der Waals surface area (Å²) >= 11 is 1.51. The van der Waals surface area contributed by atoms with Gasteiger partial charge < -0.3 is 9.72 Å². The zero-order valence-electron chi connectivity index (χ0n) is 13.0. The lowest BCUT2D eigenvalue weighted by molar-refractivity contribution is 0.184. The van der Waals surface area contributed by atoms with Crippen LogP contribution in [0.4, 0.5) is 0 Å². The molecule has 1 aromatic carbocycles. The topological polar surface area (TPSA) is 74.6 Å². The predicted octanol–water partition coefficient (Wildman–Crippen LogP) is 3.58. The van der Waals surface area contributed by atoms with E-state index in [0.29, 0.717) is 17.9 Å². The van der Waals surface area contributed by atoms with Gasteiger partial charge >= 0.3 is 0 Å². The number of nitrogens with zero attached hydrogens (tertiary/aromatic N) is 3. The molecule has 0 unspecified atom stereocenters. The molecule has 116 valence electrons. The van der Waals surface area contributed by atoms with Crippen molar-refractivity contribution in [2.24, 2.45) is 0 Å². The largest absolute Gasteiger partial charge is 0.380 e. The number of aryl methyl sites for hydroxylation is 1. The maximum atomic E-state index is 9.45. The first-order valence-electron chi connectivity index (χ1n) is 7.17. The third-order valence-electron chi connectivity index (χ3n) is 3.39. The lowest BCUT2D eigenvalue weighted by Crippen LogP contribution is -2.00. The summed E-state index contributed by atoms with van der Waals surface area (Å²) in [6, 6.07) is 12.1. The fourth-order valence-electron chi connectivity index (χ4n) is 2.41. The Morgan fingerprint density at radius 1 is 1.30 bits per heavy atom. The fourth-order valence-corrected chi connectivity index (χ4v) is 3.35. The van der Waals surface area contributed by atoms with Crippen LogP contribution in [-0.4, -0.2) is 22.1 Å². The molecule has 0 aliphatic carbocycles. The van der Waals surface area contributed by atoms with Gasteiger partial charge in [0.2, 0.25) is 0 Å². The Bertz CT molecular complexity index is 849. The number of aromatic amines is 1. The number of para-hydroxylation sites is 2. The van der Waals surface area contributed by atoms with E-state index < -0.39 is 0 Å². The normalized spacial score (nSPS) is 10.8. The summed E-state index contributed by atoms with van der Waals surface area (Å²) in [4.78, 5) is 12.3. The third kappa shape index (κ3) is 3.36. The number of fused-ring (bicyclic) bond motifs is 1. The highest BCUT2D eigenvalue weighted by atomic mass is 32.2. The highest BCUT2D eigenvalue weighted by molar-refractivity contribution is 7.98. The number of nitriles is 1. The molecule has 0 fully saturated rings. The number of imidazole rings is 1. The number of hydrogen-bond donors (Lipinski definition) is 1. The molecule has 0 radical (unpaired) electrons. The SMILES string of the molecule is COCc1cc(C)nc(SCc2nc3ccccc3[nH]2)c1C#N. The van der Waals surface area contributed by atoms with E-state index >= 15 is 0 Å². The van der Waals surface area contributed by atoms with Crippen molar-refractivity contribution in [3.05, 3.63) is 53.0 Å². The number of H-pyrrole nitrogens is 1. The van der Waals surface area contributed by atoms with Crippen LogP contribution in [0, 0.1) is 18.3 Å². The fraction of sp³-hybridized carbons (Fsp3) is 0.235. The summed E-state index contributed by atoms with van der Waals surface area (Å²) in [7, 11) is 1.62. The monoisotopic (exact) mass is 324 g/mol. The molecule has 0 spiro atoms. The maximum Gasteiger partial charge on any atom is 0.117 e. The molecule has 23 heavy (non-hydrogen) atoms. The highest BCUT2D eigenvalue weighted by Crippen LogP contribution is 2.27. The number of hydrogen-bond acceptors (Lipinski definition) is 5. The van der Waals surface area contributed by atoms with Crippen molar-refractivity contribution in [1.29, 1.82) is 5.26 Å². The molecular weight excluding hydrogens is 308 g/mol. The van der Waals surface area contributed by atoms with Crippen LogP contribution in [0.5, 0.6) is 0 Å². The van der Waals surface area contributed by atoms with E-state index in [4.69, 9.17) is 4.74 Å². The molecule has 0 aliphatic rings. The molecule has 0 atom stereocenters. The van der Waals surface area contributed by atoms with Gasteiger partial charge in [-0.1, -0.05) is 23.9 Å². The molecule has 0 amide bonds. The first-order valence-corrected chi connectivity index (χ1v) is 8.16. The number of methoxy groups -OCH3 is 1. The van der Waals surface area contributed by atoms with E-state index in [1.165, 1.54) is 11.8 Å². The van der Waals surface area contributed by atoms with Crippen LogP contribution in [0.15, 0.2) is 35.4 Å². The van der Waals surface area contributed by atoms with Crippen molar-refractivity contribution in [3.8, 4) is 6.07 Å². The van der Waals surface area contributed by atoms with Crippen molar-refractivity contribution in [3.63, 3.8) is 0 Å². The van der Waals surface area contributed by atoms with Crippen molar-refractivity contribution in [2.45, 2.75) is 24.3 Å². The quantitative estimate of drug-likeness (QED) is 0.726. The van der Waals surface area contributed by atoms with Crippen molar-refractivity contribution in [2.75, 3.05) is 7.11 Å². The Morgan fingerprint density at radius 3 is 2.87 bits per heavy atom. The molecule has 2 heterocycles. The maximum absolute atomic E-state index is 9.45. The third-order valence-corrected chi connectivity index (χ3v) is 4.38. The first kappa shape index (κ1) is 15.5. The standard InChI is InChI=1S/C17H16N4OS/c1-11-7-12(9-22-2)13(8-18)17(19-11)23-10-16-20-14-5-3-4-6-15(14)21-16/h3-7H,9-10H2,1-2H3,(H,20,21). The summed E-state index contributed by atoms with van der Waals surface area (Å²) in [5, 5.41) is 10.2. The van der Waals surface area contributed by atoms with E-state index in [2.05, 4.69) is 21.0 Å².